The maximum Gasteiger partial charge on any atom is 0.266 e. The average Bonchev–Trinajstić information content (AvgIpc) is 3.22. The van der Waals surface area contributed by atoms with E-state index in [1.54, 1.807) is 23.6 Å². The van der Waals surface area contributed by atoms with E-state index in [2.05, 4.69) is 15.3 Å². The Bertz CT molecular complexity index is 1140. The van der Waals surface area contributed by atoms with Gasteiger partial charge in [-0.25, -0.2) is 9.97 Å². The van der Waals surface area contributed by atoms with Crippen molar-refractivity contribution < 1.29 is 14.3 Å². The Morgan fingerprint density at radius 2 is 2.16 bits per heavy atom. The van der Waals surface area contributed by atoms with E-state index in [1.165, 1.54) is 11.3 Å². The number of methoxy groups -OCH3 is 1. The molecule has 1 aliphatic rings. The molecule has 0 radical (unpaired) electrons. The number of nitrogens with zero attached hydrogens (tertiary/aromatic N) is 3. The molecule has 0 saturated heterocycles. The van der Waals surface area contributed by atoms with Crippen LogP contribution in [-0.2, 0) is 19.5 Å². The van der Waals surface area contributed by atoms with Crippen molar-refractivity contribution in [2.24, 2.45) is 0 Å². The molecule has 31 heavy (non-hydrogen) atoms. The van der Waals surface area contributed by atoms with Gasteiger partial charge in [0.2, 0.25) is 0 Å². The summed E-state index contributed by atoms with van der Waals surface area (Å²) in [7, 11) is 1.60. The number of benzene rings is 1. The van der Waals surface area contributed by atoms with Crippen LogP contribution in [-0.4, -0.2) is 40.3 Å². The van der Waals surface area contributed by atoms with Crippen LogP contribution in [0, 0.1) is 6.92 Å². The van der Waals surface area contributed by atoms with E-state index in [0.717, 1.165) is 28.3 Å². The van der Waals surface area contributed by atoms with Gasteiger partial charge in [0.1, 0.15) is 16.4 Å². The predicted octanol–water partition coefficient (Wildman–Crippen LogP) is 2.57. The van der Waals surface area contributed by atoms with Crippen molar-refractivity contribution in [1.82, 2.24) is 20.2 Å². The fourth-order valence-corrected chi connectivity index (χ4v) is 4.32. The number of pyridine rings is 1. The second-order valence-electron chi connectivity index (χ2n) is 7.30. The Hall–Kier alpha value is -3.46. The number of fused-ring (bicyclic) bond motifs is 1. The number of nitrogens with one attached hydrogen (secondary N) is 1. The summed E-state index contributed by atoms with van der Waals surface area (Å²) in [6, 6.07) is 9.22. The standard InChI is InChI=1S/C22H23N5O3S/c1-13-19(31-12-25-13)22(29)27-7-6-18-15(11-27)9-17(20(23)26-18)21(28)24-10-14-4-3-5-16(8-14)30-2/h3-5,8-9,12H,6-7,10-11H2,1-2H3,(H2,23,26)(H,24,28). The lowest BCUT2D eigenvalue weighted by molar-refractivity contribution is 0.0737. The third-order valence-corrected chi connectivity index (χ3v) is 6.18. The second kappa shape index (κ2) is 8.73. The van der Waals surface area contributed by atoms with Crippen molar-refractivity contribution >= 4 is 29.0 Å². The minimum Gasteiger partial charge on any atom is -0.497 e. The zero-order valence-electron chi connectivity index (χ0n) is 17.3. The number of ether oxygens (including phenoxy) is 1. The molecule has 3 N–H and O–H groups in total. The number of anilines is 1. The van der Waals surface area contributed by atoms with Gasteiger partial charge in [-0.1, -0.05) is 12.1 Å². The molecule has 160 valence electrons. The van der Waals surface area contributed by atoms with Gasteiger partial charge in [0.05, 0.1) is 23.9 Å². The van der Waals surface area contributed by atoms with Gasteiger partial charge in [0.25, 0.3) is 11.8 Å². The van der Waals surface area contributed by atoms with Gasteiger partial charge < -0.3 is 20.7 Å². The van der Waals surface area contributed by atoms with Crippen LogP contribution in [0.2, 0.25) is 0 Å². The summed E-state index contributed by atoms with van der Waals surface area (Å²) < 4.78 is 5.21. The quantitative estimate of drug-likeness (QED) is 0.635. The summed E-state index contributed by atoms with van der Waals surface area (Å²) in [6.07, 6.45) is 0.592. The number of rotatable bonds is 5. The van der Waals surface area contributed by atoms with Gasteiger partial charge in [0, 0.05) is 31.7 Å². The second-order valence-corrected chi connectivity index (χ2v) is 8.16. The molecule has 1 aromatic carbocycles. The van der Waals surface area contributed by atoms with Crippen LogP contribution in [0.3, 0.4) is 0 Å². The van der Waals surface area contributed by atoms with Crippen LogP contribution >= 0.6 is 11.3 Å². The van der Waals surface area contributed by atoms with Crippen LogP contribution in [0.5, 0.6) is 5.75 Å². The largest absolute Gasteiger partial charge is 0.497 e. The third-order valence-electron chi connectivity index (χ3n) is 5.26. The van der Waals surface area contributed by atoms with Crippen LogP contribution in [0.15, 0.2) is 35.8 Å². The van der Waals surface area contributed by atoms with Gasteiger partial charge >= 0.3 is 0 Å². The molecular formula is C22H23N5O3S. The Labute approximate surface area is 184 Å². The topological polar surface area (TPSA) is 110 Å². The van der Waals surface area contributed by atoms with Crippen LogP contribution in [0.1, 0.15) is 42.5 Å². The fourth-order valence-electron chi connectivity index (χ4n) is 3.55. The van der Waals surface area contributed by atoms with E-state index < -0.39 is 0 Å². The summed E-state index contributed by atoms with van der Waals surface area (Å²) in [4.78, 5) is 36.6. The van der Waals surface area contributed by atoms with Gasteiger partial charge in [-0.3, -0.25) is 9.59 Å². The van der Waals surface area contributed by atoms with Crippen molar-refractivity contribution in [3.8, 4) is 5.75 Å². The Morgan fingerprint density at radius 1 is 1.32 bits per heavy atom. The van der Waals surface area contributed by atoms with Crippen LogP contribution in [0.25, 0.3) is 0 Å². The van der Waals surface area contributed by atoms with Gasteiger partial charge in [0.15, 0.2) is 0 Å². The molecule has 0 unspecified atom stereocenters. The van der Waals surface area contributed by atoms with Gasteiger partial charge in [-0.2, -0.15) is 0 Å². The van der Waals surface area contributed by atoms with E-state index in [-0.39, 0.29) is 17.6 Å². The molecule has 0 fully saturated rings. The number of thiazole rings is 1. The van der Waals surface area contributed by atoms with Crippen LogP contribution < -0.4 is 15.8 Å². The highest BCUT2D eigenvalue weighted by Crippen LogP contribution is 2.25. The molecule has 4 rings (SSSR count). The summed E-state index contributed by atoms with van der Waals surface area (Å²) in [5.74, 6) is 0.562. The van der Waals surface area contributed by atoms with Gasteiger partial charge in [-0.15, -0.1) is 11.3 Å². The minimum absolute atomic E-state index is 0.0495. The van der Waals surface area contributed by atoms with E-state index >= 15 is 0 Å². The molecule has 0 aliphatic carbocycles. The lowest BCUT2D eigenvalue weighted by atomic mass is 10.0. The normalized spacial score (nSPS) is 12.9. The van der Waals surface area contributed by atoms with E-state index in [0.29, 0.717) is 36.5 Å². The molecule has 9 heteroatoms. The number of carbonyl (C=O) groups is 2. The lowest BCUT2D eigenvalue weighted by Crippen LogP contribution is -2.37. The summed E-state index contributed by atoms with van der Waals surface area (Å²) in [5, 5.41) is 2.88. The number of aromatic nitrogens is 2. The number of carbonyl (C=O) groups excluding carboxylic acids is 2. The molecule has 2 aromatic heterocycles. The monoisotopic (exact) mass is 437 g/mol. The van der Waals surface area contributed by atoms with Crippen molar-refractivity contribution in [1.29, 1.82) is 0 Å². The third kappa shape index (κ3) is 4.36. The van der Waals surface area contributed by atoms with Gasteiger partial charge in [-0.05, 0) is 36.2 Å². The molecule has 3 heterocycles. The highest BCUT2D eigenvalue weighted by atomic mass is 32.1. The number of hydrogen-bond donors (Lipinski definition) is 2. The molecule has 0 bridgehead atoms. The van der Waals surface area contributed by atoms with Crippen molar-refractivity contribution in [3.63, 3.8) is 0 Å². The molecule has 3 aromatic rings. The average molecular weight is 438 g/mol. The molecule has 0 spiro atoms. The molecule has 8 nitrogen and oxygen atoms in total. The highest BCUT2D eigenvalue weighted by Gasteiger charge is 2.26. The first-order valence-corrected chi connectivity index (χ1v) is 10.7. The maximum absolute atomic E-state index is 12.9. The van der Waals surface area contributed by atoms with Crippen molar-refractivity contribution in [2.75, 3.05) is 19.4 Å². The number of aryl methyl sites for hydroxylation is 1. The number of amides is 2. The SMILES string of the molecule is COc1cccc(CNC(=O)c2cc3c(nc2N)CCN(C(=O)c2scnc2C)C3)c1. The first-order valence-electron chi connectivity index (χ1n) is 9.85. The van der Waals surface area contributed by atoms with Crippen molar-refractivity contribution in [3.05, 3.63) is 68.8 Å². The van der Waals surface area contributed by atoms with Crippen molar-refractivity contribution in [2.45, 2.75) is 26.4 Å². The van der Waals surface area contributed by atoms with Crippen LogP contribution in [0.4, 0.5) is 5.82 Å². The minimum atomic E-state index is -0.308. The first kappa shape index (κ1) is 20.8. The smallest absolute Gasteiger partial charge is 0.266 e. The Kier molecular flexibility index (Phi) is 5.85. The Morgan fingerprint density at radius 3 is 2.90 bits per heavy atom. The number of nitrogens with two attached hydrogens (primary N) is 1. The molecule has 2 amide bonds. The number of hydrogen-bond acceptors (Lipinski definition) is 7. The molecule has 0 atom stereocenters. The van der Waals surface area contributed by atoms with E-state index in [1.807, 2.05) is 31.2 Å². The summed E-state index contributed by atoms with van der Waals surface area (Å²) in [5.41, 5.74) is 11.4. The highest BCUT2D eigenvalue weighted by molar-refractivity contribution is 7.11. The zero-order chi connectivity index (χ0) is 22.0. The molecular weight excluding hydrogens is 414 g/mol. The van der Waals surface area contributed by atoms with E-state index in [4.69, 9.17) is 10.5 Å². The first-order chi connectivity index (χ1) is 15.0. The lowest BCUT2D eigenvalue weighted by Gasteiger charge is -2.28. The fraction of sp³-hybridized carbons (Fsp3) is 0.273. The Balaban J connectivity index is 1.49. The summed E-state index contributed by atoms with van der Waals surface area (Å²) >= 11 is 1.34. The number of nitrogen functional groups attached to an aromatic ring is 1. The maximum atomic E-state index is 12.9. The molecule has 0 saturated carbocycles. The predicted molar refractivity (Wildman–Crippen MR) is 118 cm³/mol. The van der Waals surface area contributed by atoms with E-state index in [9.17, 15) is 9.59 Å². The molecule has 1 aliphatic heterocycles. The zero-order valence-corrected chi connectivity index (χ0v) is 18.2. The summed E-state index contributed by atoms with van der Waals surface area (Å²) in [6.45, 7) is 3.10.